The summed E-state index contributed by atoms with van der Waals surface area (Å²) in [7, 11) is -2.19. The number of benzene rings is 3. The summed E-state index contributed by atoms with van der Waals surface area (Å²) >= 11 is 0. The standard InChI is InChI=1S/C28H29NO6S/c1-33-27(30)20-34-26-14-8-13-25-23(19-35-28(25)26)15-17-29-36(31,32)18-16-24(21-9-4-2-5-10-21)22-11-6-3-7-12-22/h2-14,19,24,29H,15-18,20H2,1H3. The number of ether oxygens (including phenoxy) is 2. The molecule has 0 saturated carbocycles. The van der Waals surface area contributed by atoms with Crippen LogP contribution in [0.25, 0.3) is 11.0 Å². The topological polar surface area (TPSA) is 94.8 Å². The van der Waals surface area contributed by atoms with Gasteiger partial charge < -0.3 is 13.9 Å². The summed E-state index contributed by atoms with van der Waals surface area (Å²) in [5, 5.41) is 0.810. The van der Waals surface area contributed by atoms with Crippen LogP contribution < -0.4 is 9.46 Å². The van der Waals surface area contributed by atoms with Gasteiger partial charge in [0.25, 0.3) is 0 Å². The van der Waals surface area contributed by atoms with Crippen LogP contribution in [0.4, 0.5) is 0 Å². The molecule has 0 aliphatic carbocycles. The minimum absolute atomic E-state index is 0.00907. The second kappa shape index (κ2) is 11.9. The first-order valence-electron chi connectivity index (χ1n) is 11.7. The lowest BCUT2D eigenvalue weighted by molar-refractivity contribution is -0.142. The van der Waals surface area contributed by atoms with Crippen LogP contribution in [-0.4, -0.2) is 40.4 Å². The van der Waals surface area contributed by atoms with E-state index in [0.29, 0.717) is 24.2 Å². The van der Waals surface area contributed by atoms with Gasteiger partial charge in [-0.05, 0) is 35.6 Å². The molecule has 0 aliphatic heterocycles. The Morgan fingerprint density at radius 1 is 0.944 bits per heavy atom. The molecule has 1 heterocycles. The summed E-state index contributed by atoms with van der Waals surface area (Å²) in [6.45, 7) is 0.0178. The number of furan rings is 1. The van der Waals surface area contributed by atoms with Crippen molar-refractivity contribution in [1.29, 1.82) is 0 Å². The third-order valence-electron chi connectivity index (χ3n) is 6.01. The van der Waals surface area contributed by atoms with E-state index in [2.05, 4.69) is 9.46 Å². The second-order valence-corrected chi connectivity index (χ2v) is 10.3. The molecular formula is C28H29NO6S. The van der Waals surface area contributed by atoms with Crippen molar-refractivity contribution in [2.45, 2.75) is 18.8 Å². The fourth-order valence-corrected chi connectivity index (χ4v) is 5.27. The molecule has 3 aromatic carbocycles. The van der Waals surface area contributed by atoms with Gasteiger partial charge >= 0.3 is 5.97 Å². The van der Waals surface area contributed by atoms with E-state index in [4.69, 9.17) is 9.15 Å². The summed E-state index contributed by atoms with van der Waals surface area (Å²) in [6, 6.07) is 25.3. The maximum Gasteiger partial charge on any atom is 0.343 e. The van der Waals surface area contributed by atoms with Crippen molar-refractivity contribution < 1.29 is 27.1 Å². The quantitative estimate of drug-likeness (QED) is 0.280. The van der Waals surface area contributed by atoms with Crippen molar-refractivity contribution >= 4 is 27.0 Å². The first kappa shape index (κ1) is 25.5. The minimum Gasteiger partial charge on any atom is -0.478 e. The Morgan fingerprint density at radius 2 is 1.61 bits per heavy atom. The maximum atomic E-state index is 12.8. The van der Waals surface area contributed by atoms with Crippen LogP contribution in [0.1, 0.15) is 29.0 Å². The van der Waals surface area contributed by atoms with E-state index in [1.54, 1.807) is 18.4 Å². The molecule has 8 heteroatoms. The third kappa shape index (κ3) is 6.53. The summed E-state index contributed by atoms with van der Waals surface area (Å²) in [4.78, 5) is 11.4. The average molecular weight is 508 g/mol. The first-order chi connectivity index (χ1) is 17.5. The van der Waals surface area contributed by atoms with Crippen LogP contribution >= 0.6 is 0 Å². The van der Waals surface area contributed by atoms with Gasteiger partial charge in [-0.1, -0.05) is 72.8 Å². The maximum absolute atomic E-state index is 12.8. The molecule has 0 unspecified atom stereocenters. The molecular weight excluding hydrogens is 478 g/mol. The highest BCUT2D eigenvalue weighted by atomic mass is 32.2. The lowest BCUT2D eigenvalue weighted by Gasteiger charge is -2.18. The van der Waals surface area contributed by atoms with E-state index in [1.807, 2.05) is 66.7 Å². The predicted molar refractivity (Wildman–Crippen MR) is 139 cm³/mol. The number of methoxy groups -OCH3 is 1. The van der Waals surface area contributed by atoms with Gasteiger partial charge in [0.15, 0.2) is 17.9 Å². The predicted octanol–water partition coefficient (Wildman–Crippen LogP) is 4.67. The summed E-state index contributed by atoms with van der Waals surface area (Å²) in [6.07, 6.45) is 2.51. The Labute approximate surface area is 211 Å². The number of fused-ring (bicyclic) bond motifs is 1. The van der Waals surface area contributed by atoms with Crippen LogP contribution in [0.5, 0.6) is 5.75 Å². The van der Waals surface area contributed by atoms with Crippen LogP contribution in [-0.2, 0) is 26.0 Å². The lowest BCUT2D eigenvalue weighted by Crippen LogP contribution is -2.29. The highest BCUT2D eigenvalue weighted by Crippen LogP contribution is 2.30. The molecule has 1 aromatic heterocycles. The Hall–Kier alpha value is -3.62. The third-order valence-corrected chi connectivity index (χ3v) is 7.43. The van der Waals surface area contributed by atoms with E-state index in [0.717, 1.165) is 22.1 Å². The molecule has 36 heavy (non-hydrogen) atoms. The number of sulfonamides is 1. The van der Waals surface area contributed by atoms with Crippen LogP contribution in [0.2, 0.25) is 0 Å². The first-order valence-corrected chi connectivity index (χ1v) is 13.4. The monoisotopic (exact) mass is 507 g/mol. The zero-order valence-corrected chi connectivity index (χ0v) is 20.9. The van der Waals surface area contributed by atoms with E-state index in [-0.39, 0.29) is 24.8 Å². The molecule has 0 saturated heterocycles. The van der Waals surface area contributed by atoms with Gasteiger partial charge in [-0.3, -0.25) is 0 Å². The van der Waals surface area contributed by atoms with E-state index >= 15 is 0 Å². The Balaban J connectivity index is 1.37. The lowest BCUT2D eigenvalue weighted by atomic mass is 9.89. The van der Waals surface area contributed by atoms with Crippen LogP contribution in [0, 0.1) is 0 Å². The molecule has 4 aromatic rings. The van der Waals surface area contributed by atoms with E-state index in [9.17, 15) is 13.2 Å². The van der Waals surface area contributed by atoms with Gasteiger partial charge in [0.2, 0.25) is 10.0 Å². The normalized spacial score (nSPS) is 11.6. The zero-order chi connectivity index (χ0) is 25.4. The Kier molecular flexibility index (Phi) is 8.40. The van der Waals surface area contributed by atoms with Crippen molar-refractivity contribution in [2.75, 3.05) is 26.0 Å². The summed E-state index contributed by atoms with van der Waals surface area (Å²) < 4.78 is 44.1. The van der Waals surface area contributed by atoms with Crippen molar-refractivity contribution in [1.82, 2.24) is 4.72 Å². The molecule has 0 amide bonds. The molecule has 0 fully saturated rings. The van der Waals surface area contributed by atoms with Crippen LogP contribution in [0.15, 0.2) is 89.5 Å². The number of esters is 1. The smallest absolute Gasteiger partial charge is 0.343 e. The Bertz CT molecular complexity index is 1340. The highest BCUT2D eigenvalue weighted by molar-refractivity contribution is 7.89. The molecule has 7 nitrogen and oxygen atoms in total. The van der Waals surface area contributed by atoms with Crippen molar-refractivity contribution in [3.8, 4) is 5.75 Å². The summed E-state index contributed by atoms with van der Waals surface area (Å²) in [5.41, 5.74) is 3.54. The van der Waals surface area contributed by atoms with Gasteiger partial charge in [0.05, 0.1) is 19.1 Å². The number of nitrogens with one attached hydrogen (secondary N) is 1. The number of rotatable bonds is 12. The molecule has 1 N–H and O–H groups in total. The van der Waals surface area contributed by atoms with Crippen molar-refractivity contribution in [3.63, 3.8) is 0 Å². The molecule has 0 aliphatic rings. The highest BCUT2D eigenvalue weighted by Gasteiger charge is 2.19. The fraction of sp³-hybridized carbons (Fsp3) is 0.250. The Morgan fingerprint density at radius 3 is 2.25 bits per heavy atom. The summed E-state index contributed by atoms with van der Waals surface area (Å²) in [5.74, 6) is -0.0585. The number of hydrogen-bond donors (Lipinski definition) is 1. The van der Waals surface area contributed by atoms with Gasteiger partial charge in [0, 0.05) is 17.8 Å². The molecule has 0 spiro atoms. The van der Waals surface area contributed by atoms with Crippen molar-refractivity contribution in [2.24, 2.45) is 0 Å². The van der Waals surface area contributed by atoms with Crippen molar-refractivity contribution in [3.05, 3.63) is 102 Å². The number of hydrogen-bond acceptors (Lipinski definition) is 6. The molecule has 0 bridgehead atoms. The van der Waals surface area contributed by atoms with E-state index < -0.39 is 16.0 Å². The number of carbonyl (C=O) groups is 1. The second-order valence-electron chi connectivity index (χ2n) is 8.38. The number of para-hydroxylation sites is 1. The van der Waals surface area contributed by atoms with Crippen LogP contribution in [0.3, 0.4) is 0 Å². The molecule has 0 radical (unpaired) electrons. The van der Waals surface area contributed by atoms with Gasteiger partial charge in [-0.2, -0.15) is 0 Å². The van der Waals surface area contributed by atoms with Gasteiger partial charge in [-0.15, -0.1) is 0 Å². The number of carbonyl (C=O) groups excluding carboxylic acids is 1. The molecule has 4 rings (SSSR count). The molecule has 0 atom stereocenters. The average Bonchev–Trinajstić information content (AvgIpc) is 3.32. The fourth-order valence-electron chi connectivity index (χ4n) is 4.17. The largest absolute Gasteiger partial charge is 0.478 e. The minimum atomic E-state index is -3.49. The van der Waals surface area contributed by atoms with E-state index in [1.165, 1.54) is 7.11 Å². The zero-order valence-electron chi connectivity index (χ0n) is 20.1. The van der Waals surface area contributed by atoms with Gasteiger partial charge in [0.1, 0.15) is 0 Å². The molecule has 188 valence electrons. The van der Waals surface area contributed by atoms with Gasteiger partial charge in [-0.25, -0.2) is 17.9 Å². The SMILES string of the molecule is COC(=O)COc1cccc2c(CCNS(=O)(=O)CCC(c3ccccc3)c3ccccc3)coc12.